The fraction of sp³-hybridized carbons (Fsp3) is 0.123. The SMILES string of the molecule is CC(C)(C)c1cncc(-c2ccccc2-c2cc(-c3ccccc3-c3cncc(C(C)(C)C)c3)cc(-c3ccccc3-c3cnc(-c4ccccc4)cc3-c3ccc(-c4ccccc4)cc3)c2)c1. The van der Waals surface area contributed by atoms with Crippen LogP contribution in [-0.4, -0.2) is 15.0 Å². The van der Waals surface area contributed by atoms with Gasteiger partial charge in [0.05, 0.1) is 5.69 Å². The topological polar surface area (TPSA) is 38.7 Å². The minimum absolute atomic E-state index is 0.0471. The second-order valence-electron chi connectivity index (χ2n) is 19.8. The molecule has 68 heavy (non-hydrogen) atoms. The van der Waals surface area contributed by atoms with Gasteiger partial charge in [-0.2, -0.15) is 0 Å². The highest BCUT2D eigenvalue weighted by atomic mass is 14.7. The molecule has 3 heterocycles. The van der Waals surface area contributed by atoms with Crippen LogP contribution in [-0.2, 0) is 10.8 Å². The third kappa shape index (κ3) is 9.08. The molecule has 7 aromatic carbocycles. The van der Waals surface area contributed by atoms with E-state index >= 15 is 0 Å². The van der Waals surface area contributed by atoms with E-state index in [1.807, 2.05) is 24.8 Å². The van der Waals surface area contributed by atoms with Gasteiger partial charge in [-0.3, -0.25) is 15.0 Å². The minimum Gasteiger partial charge on any atom is -0.264 e. The summed E-state index contributed by atoms with van der Waals surface area (Å²) in [5.74, 6) is 0. The molecular formula is C65H55N3. The average Bonchev–Trinajstić information content (AvgIpc) is 3.38. The summed E-state index contributed by atoms with van der Waals surface area (Å²) in [6.07, 6.45) is 10.1. The third-order valence-corrected chi connectivity index (χ3v) is 13.0. The maximum absolute atomic E-state index is 5.17. The van der Waals surface area contributed by atoms with Crippen LogP contribution in [0, 0.1) is 0 Å². The van der Waals surface area contributed by atoms with E-state index < -0.39 is 0 Å². The molecule has 0 aliphatic rings. The lowest BCUT2D eigenvalue weighted by Gasteiger charge is -2.21. The Hall–Kier alpha value is -8.01. The second kappa shape index (κ2) is 18.3. The first-order valence-corrected chi connectivity index (χ1v) is 23.5. The van der Waals surface area contributed by atoms with E-state index in [1.165, 1.54) is 22.3 Å². The van der Waals surface area contributed by atoms with Crippen LogP contribution >= 0.6 is 0 Å². The largest absolute Gasteiger partial charge is 0.264 e. The number of aromatic nitrogens is 3. The first-order chi connectivity index (χ1) is 33.0. The summed E-state index contributed by atoms with van der Waals surface area (Å²) >= 11 is 0. The smallest absolute Gasteiger partial charge is 0.0708 e. The van der Waals surface area contributed by atoms with E-state index in [1.54, 1.807) is 0 Å². The summed E-state index contributed by atoms with van der Waals surface area (Å²) in [5.41, 5.74) is 22.3. The van der Waals surface area contributed by atoms with Crippen LogP contribution in [0.1, 0.15) is 52.7 Å². The molecule has 0 unspecified atom stereocenters. The lowest BCUT2D eigenvalue weighted by molar-refractivity contribution is 0.587. The Morgan fingerprint density at radius 2 is 0.618 bits per heavy atom. The van der Waals surface area contributed by atoms with Gasteiger partial charge in [0.1, 0.15) is 0 Å². The van der Waals surface area contributed by atoms with E-state index in [0.29, 0.717) is 0 Å². The lowest BCUT2D eigenvalue weighted by Crippen LogP contribution is -2.11. The summed E-state index contributed by atoms with van der Waals surface area (Å²) in [4.78, 5) is 14.7. The van der Waals surface area contributed by atoms with Crippen molar-refractivity contribution in [2.45, 2.75) is 52.4 Å². The van der Waals surface area contributed by atoms with Crippen molar-refractivity contribution in [3.8, 4) is 100 Å². The molecule has 0 aliphatic carbocycles. The molecule has 0 amide bonds. The zero-order chi connectivity index (χ0) is 46.8. The molecule has 10 rings (SSSR count). The van der Waals surface area contributed by atoms with Crippen LogP contribution in [0.5, 0.6) is 0 Å². The highest BCUT2D eigenvalue weighted by Crippen LogP contribution is 2.45. The van der Waals surface area contributed by atoms with Crippen molar-refractivity contribution >= 4 is 0 Å². The van der Waals surface area contributed by atoms with Crippen molar-refractivity contribution in [3.63, 3.8) is 0 Å². The van der Waals surface area contributed by atoms with Gasteiger partial charge in [-0.15, -0.1) is 0 Å². The zero-order valence-electron chi connectivity index (χ0n) is 39.7. The summed E-state index contributed by atoms with van der Waals surface area (Å²) in [6, 6.07) is 70.3. The molecule has 0 spiro atoms. The monoisotopic (exact) mass is 877 g/mol. The maximum Gasteiger partial charge on any atom is 0.0708 e. The molecule has 3 heteroatoms. The summed E-state index contributed by atoms with van der Waals surface area (Å²) in [7, 11) is 0. The molecule has 0 aliphatic heterocycles. The number of rotatable bonds is 9. The molecule has 330 valence electrons. The van der Waals surface area contributed by atoms with Crippen molar-refractivity contribution in [3.05, 3.63) is 236 Å². The van der Waals surface area contributed by atoms with Gasteiger partial charge in [-0.05, 0) is 131 Å². The van der Waals surface area contributed by atoms with E-state index in [0.717, 1.165) is 89.1 Å². The normalized spacial score (nSPS) is 11.7. The van der Waals surface area contributed by atoms with Gasteiger partial charge in [-0.1, -0.05) is 199 Å². The molecule has 3 aromatic heterocycles. The van der Waals surface area contributed by atoms with Gasteiger partial charge in [-0.25, -0.2) is 0 Å². The Morgan fingerprint density at radius 3 is 1.07 bits per heavy atom. The molecule has 0 saturated carbocycles. The molecule has 0 saturated heterocycles. The van der Waals surface area contributed by atoms with Crippen LogP contribution < -0.4 is 0 Å². The number of benzene rings is 7. The minimum atomic E-state index is -0.0471. The molecule has 0 fully saturated rings. The number of hydrogen-bond acceptors (Lipinski definition) is 3. The Kier molecular flexibility index (Phi) is 11.8. The lowest BCUT2D eigenvalue weighted by atomic mass is 9.84. The first-order valence-electron chi connectivity index (χ1n) is 23.5. The molecule has 0 N–H and O–H groups in total. The van der Waals surface area contributed by atoms with Crippen LogP contribution in [0.4, 0.5) is 0 Å². The highest BCUT2D eigenvalue weighted by Gasteiger charge is 2.21. The summed E-state index contributed by atoms with van der Waals surface area (Å²) < 4.78 is 0. The van der Waals surface area contributed by atoms with Crippen LogP contribution in [0.2, 0.25) is 0 Å². The summed E-state index contributed by atoms with van der Waals surface area (Å²) in [5, 5.41) is 0. The van der Waals surface area contributed by atoms with Crippen molar-refractivity contribution < 1.29 is 0 Å². The molecule has 0 atom stereocenters. The number of hydrogen-bond donors (Lipinski definition) is 0. The van der Waals surface area contributed by atoms with Crippen molar-refractivity contribution in [1.29, 1.82) is 0 Å². The highest BCUT2D eigenvalue weighted by molar-refractivity contribution is 5.97. The Labute approximate surface area is 402 Å². The van der Waals surface area contributed by atoms with Gasteiger partial charge < -0.3 is 0 Å². The third-order valence-electron chi connectivity index (χ3n) is 13.0. The molecule has 0 bridgehead atoms. The predicted octanol–water partition coefficient (Wildman–Crippen LogP) is 17.5. The molecule has 10 aromatic rings. The molecule has 3 nitrogen and oxygen atoms in total. The van der Waals surface area contributed by atoms with Crippen molar-refractivity contribution in [1.82, 2.24) is 15.0 Å². The van der Waals surface area contributed by atoms with Crippen LogP contribution in [0.3, 0.4) is 0 Å². The van der Waals surface area contributed by atoms with Gasteiger partial charge >= 0.3 is 0 Å². The van der Waals surface area contributed by atoms with Crippen LogP contribution in [0.25, 0.3) is 100 Å². The van der Waals surface area contributed by atoms with Gasteiger partial charge in [0.2, 0.25) is 0 Å². The summed E-state index contributed by atoms with van der Waals surface area (Å²) in [6.45, 7) is 13.5. The first kappa shape index (κ1) is 43.9. The molecular weight excluding hydrogens is 823 g/mol. The van der Waals surface area contributed by atoms with Crippen molar-refractivity contribution in [2.24, 2.45) is 0 Å². The fourth-order valence-corrected chi connectivity index (χ4v) is 9.18. The zero-order valence-corrected chi connectivity index (χ0v) is 39.7. The van der Waals surface area contributed by atoms with E-state index in [2.05, 4.69) is 242 Å². The van der Waals surface area contributed by atoms with Gasteiger partial charge in [0, 0.05) is 53.2 Å². The fourth-order valence-electron chi connectivity index (χ4n) is 9.18. The van der Waals surface area contributed by atoms with E-state index in [9.17, 15) is 0 Å². The molecule has 0 radical (unpaired) electrons. The Bertz CT molecular complexity index is 3270. The average molecular weight is 878 g/mol. The Morgan fingerprint density at radius 1 is 0.250 bits per heavy atom. The van der Waals surface area contributed by atoms with Gasteiger partial charge in [0.25, 0.3) is 0 Å². The van der Waals surface area contributed by atoms with E-state index in [4.69, 9.17) is 15.0 Å². The van der Waals surface area contributed by atoms with Gasteiger partial charge in [0.15, 0.2) is 0 Å². The van der Waals surface area contributed by atoms with Crippen molar-refractivity contribution in [2.75, 3.05) is 0 Å². The van der Waals surface area contributed by atoms with Crippen LogP contribution in [0.15, 0.2) is 225 Å². The number of nitrogens with zero attached hydrogens (tertiary/aromatic N) is 3. The maximum atomic E-state index is 5.17. The second-order valence-corrected chi connectivity index (χ2v) is 19.8. The predicted molar refractivity (Wildman–Crippen MR) is 286 cm³/mol. The Balaban J connectivity index is 1.19. The number of pyridine rings is 3. The standard InChI is InChI=1S/C65H55N3/c1-64(2,3)53-36-51(39-66-41-53)58-26-15-13-23-55(58)48-33-49(56-24-14-16-27-59(56)52-37-54(42-67-40-52)65(4,5)6)35-50(34-48)57-25-17-18-28-60(57)62-43-68-63(47-21-11-8-12-22-47)38-61(62)46-31-29-45(30-32-46)44-19-9-7-10-20-44/h7-43H,1-6H3. The quantitative estimate of drug-likeness (QED) is 0.145. The van der Waals surface area contributed by atoms with E-state index in [-0.39, 0.29) is 10.8 Å².